The Morgan fingerprint density at radius 1 is 0.958 bits per heavy atom. The molecule has 4 heteroatoms. The predicted molar refractivity (Wildman–Crippen MR) is 100 cm³/mol. The predicted octanol–water partition coefficient (Wildman–Crippen LogP) is 6.05. The van der Waals surface area contributed by atoms with Gasteiger partial charge in [0, 0.05) is 9.37 Å². The molecular formula is C20H14BrNOS. The molecule has 0 saturated carbocycles. The Labute approximate surface area is 154 Å². The van der Waals surface area contributed by atoms with Crippen LogP contribution in [0.3, 0.4) is 0 Å². The van der Waals surface area contributed by atoms with Gasteiger partial charge in [0.25, 0.3) is 0 Å². The third-order valence-corrected chi connectivity index (χ3v) is 4.89. The van der Waals surface area contributed by atoms with E-state index < -0.39 is 0 Å². The van der Waals surface area contributed by atoms with E-state index in [2.05, 4.69) is 22.0 Å². The molecule has 0 aliphatic carbocycles. The molecule has 0 heterocycles. The maximum absolute atomic E-state index is 8.89. The van der Waals surface area contributed by atoms with Gasteiger partial charge in [-0.15, -0.1) is 0 Å². The fraction of sp³-hybridized carbons (Fsp3) is 0.0500. The molecule has 0 spiro atoms. The molecule has 0 aromatic heterocycles. The molecule has 2 nitrogen and oxygen atoms in total. The molecule has 0 aliphatic rings. The SMILES string of the molecule is N#Cc1ccc(Sc2cc(Br)ccc2OCc2ccccc2)cc1. The highest BCUT2D eigenvalue weighted by molar-refractivity contribution is 9.10. The van der Waals surface area contributed by atoms with Crippen molar-refractivity contribution in [1.82, 2.24) is 0 Å². The van der Waals surface area contributed by atoms with E-state index in [4.69, 9.17) is 10.00 Å². The average Bonchev–Trinajstić information content (AvgIpc) is 2.62. The summed E-state index contributed by atoms with van der Waals surface area (Å²) >= 11 is 5.13. The number of halogens is 1. The van der Waals surface area contributed by atoms with Crippen molar-refractivity contribution < 1.29 is 4.74 Å². The summed E-state index contributed by atoms with van der Waals surface area (Å²) in [6.45, 7) is 0.531. The molecule has 0 N–H and O–H groups in total. The van der Waals surface area contributed by atoms with Crippen LogP contribution in [0.15, 0.2) is 87.1 Å². The minimum atomic E-state index is 0.531. The highest BCUT2D eigenvalue weighted by Crippen LogP contribution is 2.37. The molecular weight excluding hydrogens is 382 g/mol. The molecule has 24 heavy (non-hydrogen) atoms. The summed E-state index contributed by atoms with van der Waals surface area (Å²) in [6, 6.07) is 25.8. The lowest BCUT2D eigenvalue weighted by Crippen LogP contribution is -1.96. The lowest BCUT2D eigenvalue weighted by molar-refractivity contribution is 0.299. The molecule has 0 unspecified atom stereocenters. The standard InChI is InChI=1S/C20H14BrNOS/c21-17-8-11-19(23-14-16-4-2-1-3-5-16)20(12-17)24-18-9-6-15(13-22)7-10-18/h1-12H,14H2. The normalized spacial score (nSPS) is 10.2. The first kappa shape index (κ1) is 16.6. The zero-order valence-electron chi connectivity index (χ0n) is 12.8. The van der Waals surface area contributed by atoms with Crippen molar-refractivity contribution in [2.75, 3.05) is 0 Å². The number of ether oxygens (including phenoxy) is 1. The Bertz CT molecular complexity index is 857. The lowest BCUT2D eigenvalue weighted by atomic mass is 10.2. The van der Waals surface area contributed by atoms with Crippen LogP contribution in [0.2, 0.25) is 0 Å². The quantitative estimate of drug-likeness (QED) is 0.526. The monoisotopic (exact) mass is 395 g/mol. The average molecular weight is 396 g/mol. The van der Waals surface area contributed by atoms with E-state index in [9.17, 15) is 0 Å². The molecule has 0 aliphatic heterocycles. The second-order valence-corrected chi connectivity index (χ2v) is 7.13. The molecule has 0 fully saturated rings. The largest absolute Gasteiger partial charge is 0.488 e. The second kappa shape index (κ2) is 8.05. The summed E-state index contributed by atoms with van der Waals surface area (Å²) in [5.41, 5.74) is 1.80. The highest BCUT2D eigenvalue weighted by atomic mass is 79.9. The number of hydrogen-bond acceptors (Lipinski definition) is 3. The summed E-state index contributed by atoms with van der Waals surface area (Å²) < 4.78 is 7.01. The molecule has 3 rings (SSSR count). The van der Waals surface area contributed by atoms with Crippen molar-refractivity contribution in [1.29, 1.82) is 5.26 Å². The van der Waals surface area contributed by atoms with Crippen LogP contribution in [0, 0.1) is 11.3 Å². The van der Waals surface area contributed by atoms with Crippen molar-refractivity contribution in [3.8, 4) is 11.8 Å². The van der Waals surface area contributed by atoms with Crippen LogP contribution in [-0.4, -0.2) is 0 Å². The first-order valence-electron chi connectivity index (χ1n) is 7.39. The Hall–Kier alpha value is -2.22. The summed E-state index contributed by atoms with van der Waals surface area (Å²) in [4.78, 5) is 2.10. The van der Waals surface area contributed by atoms with Gasteiger partial charge in [0.2, 0.25) is 0 Å². The molecule has 3 aromatic carbocycles. The number of rotatable bonds is 5. The van der Waals surface area contributed by atoms with Gasteiger partial charge in [-0.05, 0) is 48.0 Å². The molecule has 0 saturated heterocycles. The Morgan fingerprint density at radius 2 is 1.71 bits per heavy atom. The molecule has 0 bridgehead atoms. The third-order valence-electron chi connectivity index (χ3n) is 3.35. The second-order valence-electron chi connectivity index (χ2n) is 5.10. The first-order valence-corrected chi connectivity index (χ1v) is 9.00. The lowest BCUT2D eigenvalue weighted by Gasteiger charge is -2.12. The Balaban J connectivity index is 1.78. The number of benzene rings is 3. The number of nitrogens with zero attached hydrogens (tertiary/aromatic N) is 1. The van der Waals surface area contributed by atoms with Gasteiger partial charge < -0.3 is 4.74 Å². The van der Waals surface area contributed by atoms with Crippen molar-refractivity contribution in [3.05, 3.63) is 88.4 Å². The third kappa shape index (κ3) is 4.41. The van der Waals surface area contributed by atoms with Crippen LogP contribution >= 0.6 is 27.7 Å². The maximum atomic E-state index is 8.89. The highest BCUT2D eigenvalue weighted by Gasteiger charge is 2.08. The van der Waals surface area contributed by atoms with Gasteiger partial charge in [0.05, 0.1) is 16.5 Å². The van der Waals surface area contributed by atoms with Crippen molar-refractivity contribution in [3.63, 3.8) is 0 Å². The van der Waals surface area contributed by atoms with E-state index in [1.165, 1.54) is 0 Å². The topological polar surface area (TPSA) is 33.0 Å². The fourth-order valence-electron chi connectivity index (χ4n) is 2.14. The van der Waals surface area contributed by atoms with Crippen LogP contribution in [0.25, 0.3) is 0 Å². The van der Waals surface area contributed by atoms with Crippen LogP contribution < -0.4 is 4.74 Å². The summed E-state index contributed by atoms with van der Waals surface area (Å²) in [6.07, 6.45) is 0. The van der Waals surface area contributed by atoms with Crippen LogP contribution in [0.5, 0.6) is 5.75 Å². The van der Waals surface area contributed by atoms with E-state index in [1.54, 1.807) is 11.8 Å². The number of hydrogen-bond donors (Lipinski definition) is 0. The fourth-order valence-corrected chi connectivity index (χ4v) is 3.59. The minimum absolute atomic E-state index is 0.531. The molecule has 0 amide bonds. The summed E-state index contributed by atoms with van der Waals surface area (Å²) in [7, 11) is 0. The summed E-state index contributed by atoms with van der Waals surface area (Å²) in [5.74, 6) is 0.844. The van der Waals surface area contributed by atoms with Gasteiger partial charge >= 0.3 is 0 Å². The van der Waals surface area contributed by atoms with E-state index in [0.717, 1.165) is 25.6 Å². The molecule has 0 atom stereocenters. The molecule has 0 radical (unpaired) electrons. The van der Waals surface area contributed by atoms with Gasteiger partial charge in [-0.2, -0.15) is 5.26 Å². The van der Waals surface area contributed by atoms with Crippen molar-refractivity contribution in [2.45, 2.75) is 16.4 Å². The molecule has 3 aromatic rings. The maximum Gasteiger partial charge on any atom is 0.133 e. The Morgan fingerprint density at radius 3 is 2.42 bits per heavy atom. The van der Waals surface area contributed by atoms with Crippen LogP contribution in [0.1, 0.15) is 11.1 Å². The van der Waals surface area contributed by atoms with Gasteiger partial charge in [-0.3, -0.25) is 0 Å². The first-order chi connectivity index (χ1) is 11.7. The van der Waals surface area contributed by atoms with E-state index in [0.29, 0.717) is 12.2 Å². The zero-order chi connectivity index (χ0) is 16.8. The summed E-state index contributed by atoms with van der Waals surface area (Å²) in [5, 5.41) is 8.89. The van der Waals surface area contributed by atoms with Crippen LogP contribution in [0.4, 0.5) is 0 Å². The van der Waals surface area contributed by atoms with E-state index in [1.807, 2.05) is 72.8 Å². The van der Waals surface area contributed by atoms with Crippen LogP contribution in [-0.2, 0) is 6.61 Å². The van der Waals surface area contributed by atoms with Gasteiger partial charge in [0.1, 0.15) is 12.4 Å². The van der Waals surface area contributed by atoms with Crippen molar-refractivity contribution in [2.24, 2.45) is 0 Å². The zero-order valence-corrected chi connectivity index (χ0v) is 15.2. The minimum Gasteiger partial charge on any atom is -0.488 e. The van der Waals surface area contributed by atoms with Gasteiger partial charge in [-0.1, -0.05) is 58.0 Å². The molecule has 118 valence electrons. The van der Waals surface area contributed by atoms with Gasteiger partial charge in [0.15, 0.2) is 0 Å². The van der Waals surface area contributed by atoms with E-state index >= 15 is 0 Å². The number of nitriles is 1. The van der Waals surface area contributed by atoms with Gasteiger partial charge in [-0.25, -0.2) is 0 Å². The van der Waals surface area contributed by atoms with Crippen molar-refractivity contribution >= 4 is 27.7 Å². The Kier molecular flexibility index (Phi) is 5.58. The van der Waals surface area contributed by atoms with E-state index in [-0.39, 0.29) is 0 Å². The smallest absolute Gasteiger partial charge is 0.133 e.